The molecular weight excluding hydrogens is 430 g/mol. The molecule has 0 aliphatic carbocycles. The van der Waals surface area contributed by atoms with E-state index in [-0.39, 0.29) is 0 Å². The second-order valence-corrected chi connectivity index (χ2v) is 8.06. The largest absolute Gasteiger partial charge is 0.385 e. The number of rotatable bonds is 12. The summed E-state index contributed by atoms with van der Waals surface area (Å²) in [6.45, 7) is 5.50. The zero-order valence-corrected chi connectivity index (χ0v) is 19.0. The molecule has 2 N–H and O–H groups in total. The van der Waals surface area contributed by atoms with Crippen molar-refractivity contribution in [3.8, 4) is 0 Å². The van der Waals surface area contributed by atoms with E-state index >= 15 is 0 Å². The smallest absolute Gasteiger partial charge is 0.319 e. The van der Waals surface area contributed by atoms with Gasteiger partial charge in [-0.3, -0.25) is 9.80 Å². The predicted octanol–water partition coefficient (Wildman–Crippen LogP) is 5.21. The number of carbonyl (C=O) groups excluding carboxylic acids is 1. The van der Waals surface area contributed by atoms with Crippen LogP contribution in [0.3, 0.4) is 0 Å². The number of hydrogen-bond donors (Lipinski definition) is 1. The highest BCUT2D eigenvalue weighted by Crippen LogP contribution is 2.22. The van der Waals surface area contributed by atoms with Crippen LogP contribution in [0.15, 0.2) is 59.1 Å². The summed E-state index contributed by atoms with van der Waals surface area (Å²) in [7, 11) is 1.74. The molecule has 158 valence electrons. The fraction of sp³-hybridized carbons (Fsp3) is 0.435. The van der Waals surface area contributed by atoms with Crippen LogP contribution < -0.4 is 10.6 Å². The summed E-state index contributed by atoms with van der Waals surface area (Å²) in [5.74, 6) is 0. The summed E-state index contributed by atoms with van der Waals surface area (Å²) >= 11 is 3.43. The van der Waals surface area contributed by atoms with E-state index in [1.807, 2.05) is 30.3 Å². The summed E-state index contributed by atoms with van der Waals surface area (Å²) in [4.78, 5) is 16.1. The number of hydrogen-bond acceptors (Lipinski definition) is 3. The second kappa shape index (κ2) is 12.6. The summed E-state index contributed by atoms with van der Waals surface area (Å²) in [6.07, 6.45) is 2.97. The Morgan fingerprint density at radius 1 is 1.00 bits per heavy atom. The van der Waals surface area contributed by atoms with Crippen molar-refractivity contribution in [2.45, 2.75) is 32.2 Å². The average molecular weight is 462 g/mol. The van der Waals surface area contributed by atoms with Gasteiger partial charge in [0.2, 0.25) is 0 Å². The maximum atomic E-state index is 12.0. The standard InChI is InChI=1S/C23H32BrN3O2/c1-19(20-9-4-3-5-10-20)26(15-6-7-18-29-2)16-8-17-27(23(25)28)22-13-11-21(24)12-14-22/h3-5,9-14,19H,6-8,15-18H2,1-2H3,(H2,25,28)/t19-/m1/s1. The lowest BCUT2D eigenvalue weighted by Crippen LogP contribution is -2.38. The summed E-state index contributed by atoms with van der Waals surface area (Å²) in [6, 6.07) is 18.1. The van der Waals surface area contributed by atoms with E-state index < -0.39 is 6.03 Å². The van der Waals surface area contributed by atoms with E-state index in [0.29, 0.717) is 12.6 Å². The molecule has 2 aromatic rings. The molecule has 0 unspecified atom stereocenters. The van der Waals surface area contributed by atoms with Gasteiger partial charge in [0.25, 0.3) is 0 Å². The Morgan fingerprint density at radius 3 is 2.28 bits per heavy atom. The summed E-state index contributed by atoms with van der Waals surface area (Å²) in [5.41, 5.74) is 7.76. The van der Waals surface area contributed by atoms with Crippen molar-refractivity contribution < 1.29 is 9.53 Å². The Bertz CT molecular complexity index is 725. The molecule has 1 atom stereocenters. The minimum atomic E-state index is -0.421. The normalized spacial score (nSPS) is 12.1. The molecule has 0 aliphatic rings. The molecule has 0 aliphatic heterocycles. The highest BCUT2D eigenvalue weighted by atomic mass is 79.9. The van der Waals surface area contributed by atoms with Crippen LogP contribution in [0.5, 0.6) is 0 Å². The molecule has 0 radical (unpaired) electrons. The Labute approximate surface area is 183 Å². The van der Waals surface area contributed by atoms with Gasteiger partial charge in [-0.1, -0.05) is 46.3 Å². The molecule has 0 spiro atoms. The number of halogens is 1. The van der Waals surface area contributed by atoms with E-state index in [1.165, 1.54) is 5.56 Å². The zero-order valence-electron chi connectivity index (χ0n) is 17.4. The van der Waals surface area contributed by atoms with Crippen molar-refractivity contribution in [2.75, 3.05) is 38.3 Å². The topological polar surface area (TPSA) is 58.8 Å². The van der Waals surface area contributed by atoms with E-state index in [9.17, 15) is 4.79 Å². The first-order valence-electron chi connectivity index (χ1n) is 10.1. The van der Waals surface area contributed by atoms with Gasteiger partial charge in [0, 0.05) is 43.0 Å². The minimum absolute atomic E-state index is 0.313. The number of carbonyl (C=O) groups is 1. The van der Waals surface area contributed by atoms with Gasteiger partial charge in [0.05, 0.1) is 0 Å². The Kier molecular flexibility index (Phi) is 10.2. The number of nitrogens with two attached hydrogens (primary N) is 1. The van der Waals surface area contributed by atoms with Crippen molar-refractivity contribution in [1.82, 2.24) is 4.90 Å². The highest BCUT2D eigenvalue weighted by molar-refractivity contribution is 9.10. The monoisotopic (exact) mass is 461 g/mol. The molecular formula is C23H32BrN3O2. The molecule has 2 rings (SSSR count). The number of urea groups is 1. The molecule has 29 heavy (non-hydrogen) atoms. The van der Waals surface area contributed by atoms with Gasteiger partial charge >= 0.3 is 6.03 Å². The first-order valence-corrected chi connectivity index (χ1v) is 10.9. The molecule has 0 heterocycles. The van der Waals surface area contributed by atoms with E-state index in [0.717, 1.165) is 49.1 Å². The molecule has 2 amide bonds. The number of benzene rings is 2. The van der Waals surface area contributed by atoms with Gasteiger partial charge in [-0.2, -0.15) is 0 Å². The SMILES string of the molecule is COCCCCN(CCCN(C(N)=O)c1ccc(Br)cc1)[C@H](C)c1ccccc1. The average Bonchev–Trinajstić information content (AvgIpc) is 2.73. The van der Waals surface area contributed by atoms with Crippen LogP contribution in [0.1, 0.15) is 37.8 Å². The Morgan fingerprint density at radius 2 is 1.66 bits per heavy atom. The van der Waals surface area contributed by atoms with Gasteiger partial charge in [0.1, 0.15) is 0 Å². The van der Waals surface area contributed by atoms with Crippen molar-refractivity contribution in [3.63, 3.8) is 0 Å². The van der Waals surface area contributed by atoms with Crippen LogP contribution in [-0.2, 0) is 4.74 Å². The highest BCUT2D eigenvalue weighted by Gasteiger charge is 2.17. The van der Waals surface area contributed by atoms with Gasteiger partial charge in [-0.25, -0.2) is 4.79 Å². The molecule has 0 fully saturated rings. The number of unbranched alkanes of at least 4 members (excludes halogenated alkanes) is 1. The summed E-state index contributed by atoms with van der Waals surface area (Å²) < 4.78 is 6.16. The maximum Gasteiger partial charge on any atom is 0.319 e. The third kappa shape index (κ3) is 7.80. The Hall–Kier alpha value is -1.89. The number of amides is 2. The van der Waals surface area contributed by atoms with E-state index in [4.69, 9.17) is 10.5 Å². The van der Waals surface area contributed by atoms with Gasteiger partial charge in [-0.15, -0.1) is 0 Å². The number of methoxy groups -OCH3 is 1. The molecule has 6 heteroatoms. The molecule has 2 aromatic carbocycles. The second-order valence-electron chi connectivity index (χ2n) is 7.14. The maximum absolute atomic E-state index is 12.0. The third-order valence-corrected chi connectivity index (χ3v) is 5.63. The van der Waals surface area contributed by atoms with Crippen LogP contribution >= 0.6 is 15.9 Å². The lowest BCUT2D eigenvalue weighted by atomic mass is 10.1. The van der Waals surface area contributed by atoms with Crippen molar-refractivity contribution in [2.24, 2.45) is 5.73 Å². The zero-order chi connectivity index (χ0) is 21.1. The molecule has 0 bridgehead atoms. The fourth-order valence-electron chi connectivity index (χ4n) is 3.42. The lowest BCUT2D eigenvalue weighted by molar-refractivity contribution is 0.170. The van der Waals surface area contributed by atoms with Crippen LogP contribution in [0.4, 0.5) is 10.5 Å². The van der Waals surface area contributed by atoms with Gasteiger partial charge in [0.15, 0.2) is 0 Å². The van der Waals surface area contributed by atoms with Crippen LogP contribution in [0, 0.1) is 0 Å². The minimum Gasteiger partial charge on any atom is -0.385 e. The van der Waals surface area contributed by atoms with E-state index in [2.05, 4.69) is 52.0 Å². The van der Waals surface area contributed by atoms with Crippen molar-refractivity contribution in [1.29, 1.82) is 0 Å². The Balaban J connectivity index is 1.99. The van der Waals surface area contributed by atoms with Gasteiger partial charge in [-0.05, 0) is 62.6 Å². The first kappa shape index (κ1) is 23.4. The fourth-order valence-corrected chi connectivity index (χ4v) is 3.69. The number of nitrogens with zero attached hydrogens (tertiary/aromatic N) is 2. The number of anilines is 1. The molecule has 5 nitrogen and oxygen atoms in total. The summed E-state index contributed by atoms with van der Waals surface area (Å²) in [5, 5.41) is 0. The first-order chi connectivity index (χ1) is 14.0. The van der Waals surface area contributed by atoms with Crippen molar-refractivity contribution >= 4 is 27.6 Å². The molecule has 0 saturated heterocycles. The van der Waals surface area contributed by atoms with Crippen molar-refractivity contribution in [3.05, 3.63) is 64.6 Å². The lowest BCUT2D eigenvalue weighted by Gasteiger charge is -2.30. The number of ether oxygens (including phenoxy) is 1. The quantitative estimate of drug-likeness (QED) is 0.441. The molecule has 0 saturated carbocycles. The van der Waals surface area contributed by atoms with Gasteiger partial charge < -0.3 is 10.5 Å². The van der Waals surface area contributed by atoms with E-state index in [1.54, 1.807) is 12.0 Å². The van der Waals surface area contributed by atoms with Crippen LogP contribution in [0.25, 0.3) is 0 Å². The predicted molar refractivity (Wildman–Crippen MR) is 123 cm³/mol. The number of primary amides is 1. The van der Waals surface area contributed by atoms with Crippen LogP contribution in [0.2, 0.25) is 0 Å². The molecule has 0 aromatic heterocycles. The van der Waals surface area contributed by atoms with Crippen LogP contribution in [-0.4, -0.2) is 44.3 Å². The third-order valence-electron chi connectivity index (χ3n) is 5.10.